The summed E-state index contributed by atoms with van der Waals surface area (Å²) < 4.78 is 0. The van der Waals surface area contributed by atoms with Crippen LogP contribution in [0.2, 0.25) is 0 Å². The van der Waals surface area contributed by atoms with Gasteiger partial charge in [0.2, 0.25) is 0 Å². The molecule has 0 aromatic heterocycles. The van der Waals surface area contributed by atoms with Crippen molar-refractivity contribution in [2.45, 2.75) is 0 Å². The fourth-order valence-electron chi connectivity index (χ4n) is 0. The lowest BCUT2D eigenvalue weighted by atomic mass is 10.8. The molecule has 0 nitrogen and oxygen atoms in total. The van der Waals surface area contributed by atoms with Gasteiger partial charge >= 0.3 is 0 Å². The first-order chi connectivity index (χ1) is 0. The van der Waals surface area contributed by atoms with Crippen LogP contribution in [-0.4, -0.2) is 8.41 Å². The molecule has 6 heteroatoms. The van der Waals surface area contributed by atoms with Gasteiger partial charge in [0.15, 0.2) is 0 Å². The summed E-state index contributed by atoms with van der Waals surface area (Å²) in [7, 11) is 0. The van der Waals surface area contributed by atoms with E-state index in [0.717, 1.165) is 0 Å². The summed E-state index contributed by atoms with van der Waals surface area (Å²) in [6.07, 6.45) is 0. The lowest BCUT2D eigenvalue weighted by Crippen LogP contribution is -0.381. The van der Waals surface area contributed by atoms with Crippen LogP contribution in [0.3, 0.4) is 0 Å². The van der Waals surface area contributed by atoms with E-state index in [1.54, 1.807) is 0 Å². The summed E-state index contributed by atoms with van der Waals surface area (Å²) >= 11 is 0. The molecule has 0 heterocycles. The van der Waals surface area contributed by atoms with Gasteiger partial charge in [0.05, 0.1) is 0 Å². The summed E-state index contributed by atoms with van der Waals surface area (Å²) in [6, 6.07) is 0. The first kappa shape index (κ1) is 3660. The van der Waals surface area contributed by atoms with Crippen molar-refractivity contribution in [1.29, 1.82) is 0 Å². The molecular formula is H7BF4P. The third kappa shape index (κ3) is 943. The van der Waals surface area contributed by atoms with Gasteiger partial charge in [-0.2, -0.15) is 9.90 Å². The van der Waals surface area contributed by atoms with E-state index < -0.39 is 0 Å². The molecule has 0 aliphatic rings. The molecule has 0 aliphatic carbocycles. The molecule has 43 valence electrons. The molecule has 0 saturated carbocycles. The van der Waals surface area contributed by atoms with Gasteiger partial charge in [0, 0.05) is 8.41 Å². The van der Waals surface area contributed by atoms with Crippen molar-refractivity contribution in [3.8, 4) is 0 Å². The first-order valence-corrected chi connectivity index (χ1v) is 0. The van der Waals surface area contributed by atoms with Crippen LogP contribution in [0.4, 0.5) is 18.8 Å². The largest absolute Gasteiger partial charge is 0.269 e. The van der Waals surface area contributed by atoms with Gasteiger partial charge in [-0.05, 0) is 0 Å². The second-order valence-electron chi connectivity index (χ2n) is 0. The van der Waals surface area contributed by atoms with E-state index in [1.165, 1.54) is 0 Å². The molecule has 0 rings (SSSR count). The second kappa shape index (κ2) is 2010. The minimum atomic E-state index is 0. The molecule has 1 unspecified atom stereocenters. The van der Waals surface area contributed by atoms with Crippen LogP contribution in [0.15, 0.2) is 0 Å². The molecule has 0 aromatic rings. The van der Waals surface area contributed by atoms with E-state index in [0.29, 0.717) is 0 Å². The maximum absolute atomic E-state index is 0. The third-order valence-electron chi connectivity index (χ3n) is 0. The molecule has 0 fully saturated rings. The van der Waals surface area contributed by atoms with Crippen molar-refractivity contribution in [3.05, 3.63) is 0 Å². The van der Waals surface area contributed by atoms with Crippen LogP contribution in [0.5, 0.6) is 0 Å². The average molecular weight is 125 g/mol. The topological polar surface area (TPSA) is 0 Å². The third-order valence-corrected chi connectivity index (χ3v) is 0. The van der Waals surface area contributed by atoms with Gasteiger partial charge in [-0.1, -0.05) is 0 Å². The van der Waals surface area contributed by atoms with Crippen LogP contribution in [0.1, 0.15) is 0 Å². The van der Waals surface area contributed by atoms with Crippen molar-refractivity contribution in [1.82, 2.24) is 0 Å². The minimum absolute atomic E-state index is 0. The van der Waals surface area contributed by atoms with E-state index >= 15 is 0 Å². The maximum atomic E-state index is 0. The predicted octanol–water partition coefficient (Wildman–Crippen LogP) is 0.287. The predicted molar refractivity (Wildman–Crippen MR) is 26.9 cm³/mol. The van der Waals surface area contributed by atoms with E-state index in [4.69, 9.17) is 0 Å². The summed E-state index contributed by atoms with van der Waals surface area (Å²) in [4.78, 5) is 0. The zero-order valence-electron chi connectivity index (χ0n) is 2.92. The minimum Gasteiger partial charge on any atom is -0.269 e. The van der Waals surface area contributed by atoms with E-state index in [2.05, 4.69) is 0 Å². The van der Waals surface area contributed by atoms with Gasteiger partial charge in [-0.3, -0.25) is 18.8 Å². The van der Waals surface area contributed by atoms with E-state index in [9.17, 15) is 0 Å². The van der Waals surface area contributed by atoms with Crippen LogP contribution in [-0.2, 0) is 0 Å². The molecule has 1 atom stereocenters. The Balaban J connectivity index is 0. The fraction of sp³-hybridized carbons (Fsp3) is 0. The van der Waals surface area contributed by atoms with Crippen molar-refractivity contribution in [3.63, 3.8) is 0 Å². The maximum Gasteiger partial charge on any atom is 0 e. The second-order valence-corrected chi connectivity index (χ2v) is 0. The summed E-state index contributed by atoms with van der Waals surface area (Å²) in [5.74, 6) is 0. The normalized spacial score (nSPS) is 0. The molecule has 0 aromatic carbocycles. The lowest BCUT2D eigenvalue weighted by Gasteiger charge is -0.270. The Kier molecular flexibility index (Phi) is 1220000. The highest BCUT2D eigenvalue weighted by Crippen LogP contribution is 0.861. The lowest BCUT2D eigenvalue weighted by molar-refractivity contribution is 1.11. The molecule has 0 bridgehead atoms. The van der Waals surface area contributed by atoms with Crippen LogP contribution in [0, 0.1) is 0 Å². The molecule has 0 amide bonds. The quantitative estimate of drug-likeness (QED) is 0.248. The number of hydrogen-bond donors (Lipinski definition) is 0. The van der Waals surface area contributed by atoms with Gasteiger partial charge in [-0.25, -0.2) is 0 Å². The molecule has 6 heavy (non-hydrogen) atoms. The van der Waals surface area contributed by atoms with Crippen molar-refractivity contribution in [2.24, 2.45) is 0 Å². The molecule has 3 radical (unpaired) electrons. The molecule has 0 N–H and O–H groups in total. The molecule has 0 saturated heterocycles. The highest BCUT2D eigenvalue weighted by atomic mass is 31.0. The number of rotatable bonds is 0. The zero-order chi connectivity index (χ0) is 0. The molecule has 0 spiro atoms. The monoisotopic (exact) mass is 125 g/mol. The Morgan fingerprint density at radius 2 is 0.500 bits per heavy atom. The average Bonchev–Trinajstić information content (AvgIpc) is 0. The zero-order valence-corrected chi connectivity index (χ0v) is 4.33. The fourth-order valence-corrected chi connectivity index (χ4v) is 0. The summed E-state index contributed by atoms with van der Waals surface area (Å²) in [5.41, 5.74) is 0. The SMILES string of the molecule is F.F.F.F.P.[B]. The van der Waals surface area contributed by atoms with Crippen LogP contribution >= 0.6 is 9.90 Å². The number of hydrogen-bond acceptors (Lipinski definition) is 0. The standard InChI is InChI=1S/B.4FH.H3P/h;4*1H;1H3. The highest BCUT2D eigenvalue weighted by molar-refractivity contribution is 6.92. The Hall–Kier alpha value is 0.215. The molecule has 0 aliphatic heterocycles. The van der Waals surface area contributed by atoms with Crippen molar-refractivity contribution < 1.29 is 18.8 Å². The van der Waals surface area contributed by atoms with Crippen molar-refractivity contribution in [2.75, 3.05) is 0 Å². The first-order valence-electron chi connectivity index (χ1n) is 0. The Labute approximate surface area is 38.4 Å². The smallest absolute Gasteiger partial charge is 0 e. The van der Waals surface area contributed by atoms with Crippen molar-refractivity contribution >= 4 is 18.3 Å². The Morgan fingerprint density at radius 3 is 0.500 bits per heavy atom. The van der Waals surface area contributed by atoms with Gasteiger partial charge < -0.3 is 0 Å². The van der Waals surface area contributed by atoms with Gasteiger partial charge in [0.1, 0.15) is 0 Å². The molecular weight excluding hydrogens is 118 g/mol. The Morgan fingerprint density at radius 1 is 0.500 bits per heavy atom. The highest BCUT2D eigenvalue weighted by Gasteiger charge is 0.0000218. The van der Waals surface area contributed by atoms with Gasteiger partial charge in [-0.15, -0.1) is 0 Å². The summed E-state index contributed by atoms with van der Waals surface area (Å²) in [5, 5.41) is 0. The Bertz CT molecular complexity index is 7.51. The van der Waals surface area contributed by atoms with E-state index in [1.807, 2.05) is 0 Å². The van der Waals surface area contributed by atoms with Crippen LogP contribution in [0.25, 0.3) is 0 Å². The number of halogens is 4. The summed E-state index contributed by atoms with van der Waals surface area (Å²) in [6.45, 7) is 0. The van der Waals surface area contributed by atoms with E-state index in [-0.39, 0.29) is 37.1 Å². The van der Waals surface area contributed by atoms with Gasteiger partial charge in [0.25, 0.3) is 0 Å². The van der Waals surface area contributed by atoms with Crippen LogP contribution < -0.4 is 0 Å².